The maximum atomic E-state index is 12.0. The van der Waals surface area contributed by atoms with E-state index in [0.29, 0.717) is 11.0 Å². The molecule has 0 saturated heterocycles. The molecular formula is C12H13N3O2. The molecule has 0 amide bonds. The Hall–Kier alpha value is -2.04. The van der Waals surface area contributed by atoms with Gasteiger partial charge in [0.25, 0.3) is 0 Å². The first-order valence-corrected chi connectivity index (χ1v) is 5.26. The molecule has 2 aromatic rings. The van der Waals surface area contributed by atoms with Crippen molar-refractivity contribution < 1.29 is 9.90 Å². The van der Waals surface area contributed by atoms with Gasteiger partial charge in [0.05, 0.1) is 5.39 Å². The summed E-state index contributed by atoms with van der Waals surface area (Å²) < 4.78 is 0. The molecule has 5 heteroatoms. The molecule has 0 aliphatic carbocycles. The molecule has 0 unspecified atom stereocenters. The van der Waals surface area contributed by atoms with Crippen molar-refractivity contribution >= 4 is 16.8 Å². The van der Waals surface area contributed by atoms with Gasteiger partial charge in [-0.25, -0.2) is 9.97 Å². The molecule has 2 heterocycles. The van der Waals surface area contributed by atoms with Crippen LogP contribution in [-0.4, -0.2) is 25.8 Å². The van der Waals surface area contributed by atoms with Gasteiger partial charge in [0.2, 0.25) is 17.5 Å². The van der Waals surface area contributed by atoms with E-state index < -0.39 is 5.41 Å². The number of ketones is 1. The van der Waals surface area contributed by atoms with Crippen LogP contribution >= 0.6 is 0 Å². The van der Waals surface area contributed by atoms with Crippen molar-refractivity contribution in [2.75, 3.05) is 0 Å². The lowest BCUT2D eigenvalue weighted by molar-refractivity contribution is 0.0846. The smallest absolute Gasteiger partial charge is 0.224 e. The predicted molar refractivity (Wildman–Crippen MR) is 62.8 cm³/mol. The van der Waals surface area contributed by atoms with Crippen LogP contribution in [0.25, 0.3) is 11.0 Å². The Balaban J connectivity index is 2.62. The number of aromatic hydroxyl groups is 1. The first kappa shape index (κ1) is 11.4. The number of carbonyl (C=O) groups excluding carboxylic acids is 1. The number of aromatic nitrogens is 3. The molecule has 0 bridgehead atoms. The quantitative estimate of drug-likeness (QED) is 0.759. The van der Waals surface area contributed by atoms with Crippen molar-refractivity contribution in [3.8, 4) is 5.88 Å². The van der Waals surface area contributed by atoms with Crippen molar-refractivity contribution in [3.63, 3.8) is 0 Å². The predicted octanol–water partition coefficient (Wildman–Crippen LogP) is 1.96. The lowest BCUT2D eigenvalue weighted by atomic mass is 9.90. The van der Waals surface area contributed by atoms with Crippen LogP contribution in [0.15, 0.2) is 18.3 Å². The summed E-state index contributed by atoms with van der Waals surface area (Å²) in [6.07, 6.45) is 1.56. The fourth-order valence-corrected chi connectivity index (χ4v) is 1.38. The lowest BCUT2D eigenvalue weighted by Gasteiger charge is -2.15. The highest BCUT2D eigenvalue weighted by Crippen LogP contribution is 2.23. The number of nitrogens with zero attached hydrogens (tertiary/aromatic N) is 3. The van der Waals surface area contributed by atoms with Crippen molar-refractivity contribution in [2.24, 2.45) is 5.41 Å². The highest BCUT2D eigenvalue weighted by Gasteiger charge is 2.26. The Morgan fingerprint density at radius 2 is 2.00 bits per heavy atom. The molecule has 17 heavy (non-hydrogen) atoms. The van der Waals surface area contributed by atoms with Gasteiger partial charge in [0, 0.05) is 11.6 Å². The van der Waals surface area contributed by atoms with Gasteiger partial charge in [-0.15, -0.1) is 0 Å². The second-order valence-corrected chi connectivity index (χ2v) is 4.82. The molecule has 0 atom stereocenters. The number of hydrogen-bond donors (Lipinski definition) is 1. The zero-order valence-corrected chi connectivity index (χ0v) is 9.93. The maximum absolute atomic E-state index is 12.0. The van der Waals surface area contributed by atoms with Crippen molar-refractivity contribution in [3.05, 3.63) is 24.2 Å². The van der Waals surface area contributed by atoms with Crippen molar-refractivity contribution in [1.82, 2.24) is 15.0 Å². The average Bonchev–Trinajstić information content (AvgIpc) is 2.27. The zero-order chi connectivity index (χ0) is 12.6. The van der Waals surface area contributed by atoms with E-state index in [-0.39, 0.29) is 17.5 Å². The number of carbonyl (C=O) groups is 1. The van der Waals surface area contributed by atoms with Gasteiger partial charge in [-0.1, -0.05) is 20.8 Å². The molecule has 0 aliphatic rings. The summed E-state index contributed by atoms with van der Waals surface area (Å²) in [5.74, 6) is -0.433. The van der Waals surface area contributed by atoms with Gasteiger partial charge in [-0.2, -0.15) is 4.98 Å². The molecule has 1 N–H and O–H groups in total. The van der Waals surface area contributed by atoms with Crippen LogP contribution in [0.2, 0.25) is 0 Å². The van der Waals surface area contributed by atoms with E-state index in [1.807, 2.05) is 0 Å². The Labute approximate surface area is 98.6 Å². The number of hydrogen-bond acceptors (Lipinski definition) is 5. The molecule has 2 rings (SSSR count). The fraction of sp³-hybridized carbons (Fsp3) is 0.333. The molecule has 0 aliphatic heterocycles. The third kappa shape index (κ3) is 2.08. The SMILES string of the molecule is CC(C)(C)C(=O)c1nc(O)c2cccnc2n1. The molecule has 0 aromatic carbocycles. The van der Waals surface area contributed by atoms with E-state index in [0.717, 1.165) is 0 Å². The van der Waals surface area contributed by atoms with Gasteiger partial charge in [-0.05, 0) is 12.1 Å². The van der Waals surface area contributed by atoms with Crippen LogP contribution in [-0.2, 0) is 0 Å². The lowest BCUT2D eigenvalue weighted by Crippen LogP contribution is -2.22. The first-order valence-electron chi connectivity index (χ1n) is 5.26. The van der Waals surface area contributed by atoms with E-state index in [2.05, 4.69) is 15.0 Å². The molecule has 5 nitrogen and oxygen atoms in total. The van der Waals surface area contributed by atoms with E-state index in [1.165, 1.54) is 0 Å². The zero-order valence-electron chi connectivity index (χ0n) is 9.93. The molecule has 0 saturated carbocycles. The second-order valence-electron chi connectivity index (χ2n) is 4.82. The van der Waals surface area contributed by atoms with Gasteiger partial charge >= 0.3 is 0 Å². The minimum Gasteiger partial charge on any atom is -0.493 e. The average molecular weight is 231 g/mol. The molecule has 0 fully saturated rings. The third-order valence-electron chi connectivity index (χ3n) is 2.34. The standard InChI is InChI=1S/C12H13N3O2/c1-12(2,3)8(16)10-14-9-7(11(17)15-10)5-4-6-13-9/h4-6H,1-3H3,(H,13,14,15,17). The third-order valence-corrected chi connectivity index (χ3v) is 2.34. The Bertz CT molecular complexity index is 588. The van der Waals surface area contributed by atoms with Crippen LogP contribution in [0, 0.1) is 5.41 Å². The van der Waals surface area contributed by atoms with Crippen LogP contribution in [0.1, 0.15) is 31.4 Å². The van der Waals surface area contributed by atoms with Gasteiger partial charge < -0.3 is 5.11 Å². The summed E-state index contributed by atoms with van der Waals surface area (Å²) >= 11 is 0. The summed E-state index contributed by atoms with van der Waals surface area (Å²) in [4.78, 5) is 23.9. The van der Waals surface area contributed by atoms with Crippen LogP contribution < -0.4 is 0 Å². The number of pyridine rings is 1. The molecule has 88 valence electrons. The van der Waals surface area contributed by atoms with Crippen molar-refractivity contribution in [1.29, 1.82) is 0 Å². The van der Waals surface area contributed by atoms with E-state index >= 15 is 0 Å². The topological polar surface area (TPSA) is 76.0 Å². The minimum atomic E-state index is -0.588. The van der Waals surface area contributed by atoms with Gasteiger partial charge in [-0.3, -0.25) is 4.79 Å². The molecule has 0 spiro atoms. The fourth-order valence-electron chi connectivity index (χ4n) is 1.38. The number of fused-ring (bicyclic) bond motifs is 1. The monoisotopic (exact) mass is 231 g/mol. The molecule has 2 aromatic heterocycles. The van der Waals surface area contributed by atoms with Crippen LogP contribution in [0.4, 0.5) is 0 Å². The normalized spacial score (nSPS) is 11.7. The minimum absolute atomic E-state index is 0.00111. The Kier molecular flexibility index (Phi) is 2.53. The number of rotatable bonds is 1. The summed E-state index contributed by atoms with van der Waals surface area (Å²) in [7, 11) is 0. The summed E-state index contributed by atoms with van der Waals surface area (Å²) in [5, 5.41) is 10.2. The molecular weight excluding hydrogens is 218 g/mol. The Morgan fingerprint density at radius 1 is 1.29 bits per heavy atom. The van der Waals surface area contributed by atoms with Crippen molar-refractivity contribution in [2.45, 2.75) is 20.8 Å². The van der Waals surface area contributed by atoms with Gasteiger partial charge in [0.15, 0.2) is 5.65 Å². The van der Waals surface area contributed by atoms with Gasteiger partial charge in [0.1, 0.15) is 0 Å². The maximum Gasteiger partial charge on any atom is 0.224 e. The first-order chi connectivity index (χ1) is 7.89. The molecule has 0 radical (unpaired) electrons. The van der Waals surface area contributed by atoms with Crippen LogP contribution in [0.5, 0.6) is 5.88 Å². The van der Waals surface area contributed by atoms with E-state index in [9.17, 15) is 9.90 Å². The largest absolute Gasteiger partial charge is 0.493 e. The summed E-state index contributed by atoms with van der Waals surface area (Å²) in [6, 6.07) is 3.33. The number of Topliss-reactive ketones (excluding diaryl/α,β-unsaturated/α-hetero) is 1. The highest BCUT2D eigenvalue weighted by molar-refractivity contribution is 5.98. The van der Waals surface area contributed by atoms with E-state index in [4.69, 9.17) is 0 Å². The Morgan fingerprint density at radius 3 is 2.65 bits per heavy atom. The highest BCUT2D eigenvalue weighted by atomic mass is 16.3. The van der Waals surface area contributed by atoms with E-state index in [1.54, 1.807) is 39.1 Å². The van der Waals surface area contributed by atoms with Crippen LogP contribution in [0.3, 0.4) is 0 Å². The second kappa shape index (κ2) is 3.76. The summed E-state index contributed by atoms with van der Waals surface area (Å²) in [5.41, 5.74) is -0.262. The summed E-state index contributed by atoms with van der Waals surface area (Å²) in [6.45, 7) is 5.33.